The van der Waals surface area contributed by atoms with E-state index in [1.54, 1.807) is 6.20 Å². The van der Waals surface area contributed by atoms with Gasteiger partial charge in [0, 0.05) is 11.6 Å². The molecule has 0 spiro atoms. The van der Waals surface area contributed by atoms with Crippen LogP contribution in [0.2, 0.25) is 0 Å². The van der Waals surface area contributed by atoms with Crippen molar-refractivity contribution in [3.8, 4) is 11.5 Å². The second kappa shape index (κ2) is 3.30. The van der Waals surface area contributed by atoms with E-state index in [1.807, 2.05) is 30.3 Å². The molecule has 78 valence electrons. The van der Waals surface area contributed by atoms with Gasteiger partial charge in [-0.25, -0.2) is 0 Å². The van der Waals surface area contributed by atoms with Crippen LogP contribution in [0.1, 0.15) is 0 Å². The van der Waals surface area contributed by atoms with Gasteiger partial charge < -0.3 is 10.3 Å². The second-order valence-electron chi connectivity index (χ2n) is 3.34. The second-order valence-corrected chi connectivity index (χ2v) is 3.34. The Morgan fingerprint density at radius 1 is 1.12 bits per heavy atom. The van der Waals surface area contributed by atoms with Crippen LogP contribution < -0.4 is 5.73 Å². The Balaban J connectivity index is 2.31. The fourth-order valence-corrected chi connectivity index (χ4v) is 1.62. The number of nitrogens with zero attached hydrogens (tertiary/aromatic N) is 3. The third kappa shape index (κ3) is 1.30. The van der Waals surface area contributed by atoms with Crippen molar-refractivity contribution < 1.29 is 4.52 Å². The number of rotatable bonds is 1. The summed E-state index contributed by atoms with van der Waals surface area (Å²) in [7, 11) is 0. The van der Waals surface area contributed by atoms with Gasteiger partial charge in [-0.3, -0.25) is 4.98 Å². The third-order valence-corrected chi connectivity index (χ3v) is 2.30. The predicted octanol–water partition coefficient (Wildman–Crippen LogP) is 1.87. The number of anilines is 1. The largest absolute Gasteiger partial charge is 0.365 e. The number of fused-ring (bicyclic) bond motifs is 1. The van der Waals surface area contributed by atoms with Crippen molar-refractivity contribution in [3.63, 3.8) is 0 Å². The minimum Gasteiger partial charge on any atom is -0.365 e. The van der Waals surface area contributed by atoms with Crippen LogP contribution in [0.3, 0.4) is 0 Å². The molecule has 3 aromatic rings. The molecular weight excluding hydrogens is 204 g/mol. The quantitative estimate of drug-likeness (QED) is 0.666. The van der Waals surface area contributed by atoms with E-state index in [1.165, 1.54) is 0 Å². The molecule has 3 rings (SSSR count). The highest BCUT2D eigenvalue weighted by Gasteiger charge is 2.10. The predicted molar refractivity (Wildman–Crippen MR) is 59.4 cm³/mol. The van der Waals surface area contributed by atoms with E-state index in [4.69, 9.17) is 10.3 Å². The Kier molecular flexibility index (Phi) is 1.83. The molecule has 5 heteroatoms. The minimum absolute atomic E-state index is 0.128. The molecule has 0 radical (unpaired) electrons. The Bertz CT molecular complexity index is 642. The maximum atomic E-state index is 5.42. The normalized spacial score (nSPS) is 10.8. The monoisotopic (exact) mass is 212 g/mol. The van der Waals surface area contributed by atoms with E-state index in [2.05, 4.69) is 15.1 Å². The van der Waals surface area contributed by atoms with Crippen LogP contribution in [0, 0.1) is 0 Å². The highest BCUT2D eigenvalue weighted by molar-refractivity contribution is 5.91. The van der Waals surface area contributed by atoms with Gasteiger partial charge in [0.15, 0.2) is 0 Å². The smallest absolute Gasteiger partial charge is 0.261 e. The molecule has 2 heterocycles. The average molecular weight is 212 g/mol. The number of nitrogens with two attached hydrogens (primary N) is 1. The average Bonchev–Trinajstić information content (AvgIpc) is 2.75. The van der Waals surface area contributed by atoms with E-state index in [0.717, 1.165) is 16.5 Å². The van der Waals surface area contributed by atoms with Crippen LogP contribution in [0.15, 0.2) is 41.1 Å². The molecule has 0 saturated carbocycles. The van der Waals surface area contributed by atoms with Crippen molar-refractivity contribution in [1.82, 2.24) is 15.1 Å². The summed E-state index contributed by atoms with van der Waals surface area (Å²) in [6.45, 7) is 0. The van der Waals surface area contributed by atoms with Crippen molar-refractivity contribution in [2.75, 3.05) is 5.73 Å². The number of hydrogen-bond donors (Lipinski definition) is 1. The van der Waals surface area contributed by atoms with Gasteiger partial charge in [-0.15, -0.1) is 0 Å². The first kappa shape index (κ1) is 8.84. The molecule has 5 nitrogen and oxygen atoms in total. The third-order valence-electron chi connectivity index (χ3n) is 2.30. The molecule has 0 saturated heterocycles. The van der Waals surface area contributed by atoms with Gasteiger partial charge in [-0.2, -0.15) is 4.98 Å². The SMILES string of the molecule is Nc1noc(-c2cccc3cccnc23)n1. The van der Waals surface area contributed by atoms with Gasteiger partial charge in [0.25, 0.3) is 11.8 Å². The zero-order valence-electron chi connectivity index (χ0n) is 8.29. The van der Waals surface area contributed by atoms with Crippen molar-refractivity contribution in [2.24, 2.45) is 0 Å². The summed E-state index contributed by atoms with van der Waals surface area (Å²) in [5.74, 6) is 0.518. The molecule has 0 aliphatic carbocycles. The van der Waals surface area contributed by atoms with Crippen LogP contribution in [0.25, 0.3) is 22.4 Å². The van der Waals surface area contributed by atoms with Crippen molar-refractivity contribution >= 4 is 16.9 Å². The standard InChI is InChI=1S/C11H8N4O/c12-11-14-10(16-15-11)8-5-1-3-7-4-2-6-13-9(7)8/h1-6H,(H2,12,15). The molecule has 16 heavy (non-hydrogen) atoms. The molecule has 0 fully saturated rings. The fourth-order valence-electron chi connectivity index (χ4n) is 1.62. The highest BCUT2D eigenvalue weighted by atomic mass is 16.5. The molecule has 2 N–H and O–H groups in total. The van der Waals surface area contributed by atoms with Gasteiger partial charge >= 0.3 is 0 Å². The van der Waals surface area contributed by atoms with Crippen LogP contribution in [-0.2, 0) is 0 Å². The summed E-state index contributed by atoms with van der Waals surface area (Å²) < 4.78 is 5.03. The molecule has 2 aromatic heterocycles. The number of nitrogen functional groups attached to an aromatic ring is 1. The first-order valence-corrected chi connectivity index (χ1v) is 4.78. The molecular formula is C11H8N4O. The van der Waals surface area contributed by atoms with Gasteiger partial charge in [-0.1, -0.05) is 18.2 Å². The van der Waals surface area contributed by atoms with E-state index in [0.29, 0.717) is 5.89 Å². The first-order chi connectivity index (χ1) is 7.84. The lowest BCUT2D eigenvalue weighted by atomic mass is 10.1. The van der Waals surface area contributed by atoms with Crippen molar-refractivity contribution in [1.29, 1.82) is 0 Å². The van der Waals surface area contributed by atoms with Gasteiger partial charge in [0.1, 0.15) is 0 Å². The number of hydrogen-bond acceptors (Lipinski definition) is 5. The zero-order valence-corrected chi connectivity index (χ0v) is 8.29. The maximum Gasteiger partial charge on any atom is 0.261 e. The Morgan fingerprint density at radius 3 is 2.81 bits per heavy atom. The van der Waals surface area contributed by atoms with Crippen LogP contribution in [0.5, 0.6) is 0 Å². The number of benzene rings is 1. The van der Waals surface area contributed by atoms with E-state index in [9.17, 15) is 0 Å². The van der Waals surface area contributed by atoms with Crippen LogP contribution in [0.4, 0.5) is 5.95 Å². The summed E-state index contributed by atoms with van der Waals surface area (Å²) in [4.78, 5) is 8.29. The molecule has 0 unspecified atom stereocenters. The zero-order chi connectivity index (χ0) is 11.0. The molecule has 1 aromatic carbocycles. The molecule has 0 bridgehead atoms. The number of aromatic nitrogens is 3. The molecule has 0 amide bonds. The Morgan fingerprint density at radius 2 is 2.00 bits per heavy atom. The lowest BCUT2D eigenvalue weighted by Crippen LogP contribution is -1.87. The van der Waals surface area contributed by atoms with E-state index >= 15 is 0 Å². The molecule has 0 atom stereocenters. The molecule has 0 aliphatic heterocycles. The summed E-state index contributed by atoms with van der Waals surface area (Å²) in [6, 6.07) is 9.63. The maximum absolute atomic E-state index is 5.42. The van der Waals surface area contributed by atoms with Gasteiger partial charge in [0.05, 0.1) is 11.1 Å². The van der Waals surface area contributed by atoms with E-state index in [-0.39, 0.29) is 5.95 Å². The van der Waals surface area contributed by atoms with E-state index < -0.39 is 0 Å². The highest BCUT2D eigenvalue weighted by Crippen LogP contribution is 2.25. The van der Waals surface area contributed by atoms with Gasteiger partial charge in [0.2, 0.25) is 0 Å². The summed E-state index contributed by atoms with van der Waals surface area (Å²) >= 11 is 0. The topological polar surface area (TPSA) is 77.8 Å². The van der Waals surface area contributed by atoms with Crippen LogP contribution in [-0.4, -0.2) is 15.1 Å². The van der Waals surface area contributed by atoms with Crippen LogP contribution >= 0.6 is 0 Å². The minimum atomic E-state index is 0.128. The summed E-state index contributed by atoms with van der Waals surface area (Å²) in [5, 5.41) is 4.59. The van der Waals surface area contributed by atoms with Gasteiger partial charge in [-0.05, 0) is 17.3 Å². The lowest BCUT2D eigenvalue weighted by molar-refractivity contribution is 0.433. The first-order valence-electron chi connectivity index (χ1n) is 4.78. The number of para-hydroxylation sites is 1. The Hall–Kier alpha value is -2.43. The Labute approximate surface area is 90.9 Å². The van der Waals surface area contributed by atoms with Crippen molar-refractivity contribution in [2.45, 2.75) is 0 Å². The van der Waals surface area contributed by atoms with Crippen molar-refractivity contribution in [3.05, 3.63) is 36.5 Å². The molecule has 0 aliphatic rings. The summed E-state index contributed by atoms with van der Waals surface area (Å²) in [5.41, 5.74) is 7.04. The number of pyridine rings is 1. The fraction of sp³-hybridized carbons (Fsp3) is 0. The lowest BCUT2D eigenvalue weighted by Gasteiger charge is -1.99. The summed E-state index contributed by atoms with van der Waals surface area (Å²) in [6.07, 6.45) is 1.73.